The van der Waals surface area contributed by atoms with E-state index in [1.54, 1.807) is 7.11 Å². The Morgan fingerprint density at radius 1 is 1.15 bits per heavy atom. The van der Waals surface area contributed by atoms with Crippen LogP contribution in [0.4, 0.5) is 10.5 Å². The molecular formula is C20H25N3O3. The van der Waals surface area contributed by atoms with E-state index >= 15 is 0 Å². The average Bonchev–Trinajstić information content (AvgIpc) is 2.69. The monoisotopic (exact) mass is 355 g/mol. The molecule has 1 aliphatic rings. The van der Waals surface area contributed by atoms with E-state index < -0.39 is 0 Å². The van der Waals surface area contributed by atoms with Crippen molar-refractivity contribution >= 4 is 11.7 Å². The van der Waals surface area contributed by atoms with Gasteiger partial charge in [-0.05, 0) is 29.3 Å². The number of nitrogens with one attached hydrogen (secondary N) is 2. The molecule has 3 rings (SSSR count). The summed E-state index contributed by atoms with van der Waals surface area (Å²) in [7, 11) is 1.63. The Morgan fingerprint density at radius 3 is 2.77 bits per heavy atom. The Labute approximate surface area is 154 Å². The van der Waals surface area contributed by atoms with Crippen molar-refractivity contribution in [2.45, 2.75) is 13.1 Å². The molecule has 26 heavy (non-hydrogen) atoms. The van der Waals surface area contributed by atoms with Gasteiger partial charge < -0.3 is 20.1 Å². The first kappa shape index (κ1) is 18.2. The van der Waals surface area contributed by atoms with Crippen LogP contribution in [0.1, 0.15) is 11.1 Å². The number of nitrogens with zero attached hydrogens (tertiary/aromatic N) is 1. The van der Waals surface area contributed by atoms with Gasteiger partial charge in [-0.2, -0.15) is 0 Å². The van der Waals surface area contributed by atoms with Crippen LogP contribution in [-0.4, -0.2) is 44.3 Å². The molecule has 0 aliphatic carbocycles. The summed E-state index contributed by atoms with van der Waals surface area (Å²) in [4.78, 5) is 14.6. The van der Waals surface area contributed by atoms with Crippen LogP contribution in [0.15, 0.2) is 48.5 Å². The van der Waals surface area contributed by atoms with Gasteiger partial charge in [-0.3, -0.25) is 4.90 Å². The molecule has 2 amide bonds. The van der Waals surface area contributed by atoms with E-state index in [-0.39, 0.29) is 6.03 Å². The maximum absolute atomic E-state index is 12.3. The number of urea groups is 1. The molecule has 0 aromatic heterocycles. The molecule has 2 aromatic carbocycles. The van der Waals surface area contributed by atoms with Crippen LogP contribution >= 0.6 is 0 Å². The SMILES string of the molecule is COc1cccc(CNC(=O)Nc2ccccc2CN2CCOCC2)c1. The Hall–Kier alpha value is -2.57. The second-order valence-corrected chi connectivity index (χ2v) is 6.20. The Balaban J connectivity index is 1.56. The molecule has 2 aromatic rings. The van der Waals surface area contributed by atoms with Gasteiger partial charge in [0.2, 0.25) is 0 Å². The first-order valence-electron chi connectivity index (χ1n) is 8.80. The molecule has 0 bridgehead atoms. The molecule has 1 saturated heterocycles. The van der Waals surface area contributed by atoms with E-state index in [1.807, 2.05) is 48.5 Å². The lowest BCUT2D eigenvalue weighted by molar-refractivity contribution is 0.0343. The zero-order valence-corrected chi connectivity index (χ0v) is 15.0. The van der Waals surface area contributed by atoms with Crippen molar-refractivity contribution in [3.8, 4) is 5.75 Å². The van der Waals surface area contributed by atoms with E-state index in [0.717, 1.165) is 55.4 Å². The summed E-state index contributed by atoms with van der Waals surface area (Å²) in [5, 5.41) is 5.85. The average molecular weight is 355 g/mol. The number of rotatable bonds is 6. The maximum Gasteiger partial charge on any atom is 0.319 e. The maximum atomic E-state index is 12.3. The molecule has 0 spiro atoms. The molecule has 138 valence electrons. The summed E-state index contributed by atoms with van der Waals surface area (Å²) in [5.74, 6) is 0.778. The molecule has 0 unspecified atom stereocenters. The number of amides is 2. The van der Waals surface area contributed by atoms with Crippen molar-refractivity contribution in [2.24, 2.45) is 0 Å². The molecule has 6 heteroatoms. The highest BCUT2D eigenvalue weighted by molar-refractivity contribution is 5.90. The minimum absolute atomic E-state index is 0.220. The molecule has 0 radical (unpaired) electrons. The van der Waals surface area contributed by atoms with Gasteiger partial charge in [0.1, 0.15) is 5.75 Å². The van der Waals surface area contributed by atoms with Crippen LogP contribution in [0, 0.1) is 0 Å². The number of para-hydroxylation sites is 1. The Morgan fingerprint density at radius 2 is 1.96 bits per heavy atom. The first-order chi connectivity index (χ1) is 12.7. The third-order valence-electron chi connectivity index (χ3n) is 4.35. The first-order valence-corrected chi connectivity index (χ1v) is 8.80. The van der Waals surface area contributed by atoms with Crippen LogP contribution in [0.3, 0.4) is 0 Å². The van der Waals surface area contributed by atoms with Gasteiger partial charge in [0, 0.05) is 31.9 Å². The summed E-state index contributed by atoms with van der Waals surface area (Å²) in [6, 6.07) is 15.3. The predicted molar refractivity (Wildman–Crippen MR) is 101 cm³/mol. The lowest BCUT2D eigenvalue weighted by Gasteiger charge is -2.27. The molecule has 1 heterocycles. The quantitative estimate of drug-likeness (QED) is 0.836. The standard InChI is InChI=1S/C20H25N3O3/c1-25-18-7-4-5-16(13-18)14-21-20(24)22-19-8-3-2-6-17(19)15-23-9-11-26-12-10-23/h2-8,13H,9-12,14-15H2,1H3,(H2,21,22,24). The number of carbonyl (C=O) groups is 1. The van der Waals surface area contributed by atoms with Gasteiger partial charge in [0.05, 0.1) is 20.3 Å². The summed E-state index contributed by atoms with van der Waals surface area (Å²) in [5.41, 5.74) is 2.93. The summed E-state index contributed by atoms with van der Waals surface area (Å²) in [6.45, 7) is 4.59. The number of hydrogen-bond donors (Lipinski definition) is 2. The van der Waals surface area contributed by atoms with Crippen molar-refractivity contribution in [1.29, 1.82) is 0 Å². The Kier molecular flexibility index (Phi) is 6.46. The lowest BCUT2D eigenvalue weighted by Crippen LogP contribution is -2.36. The van der Waals surface area contributed by atoms with E-state index in [0.29, 0.717) is 6.54 Å². The second kappa shape index (κ2) is 9.22. The minimum Gasteiger partial charge on any atom is -0.497 e. The predicted octanol–water partition coefficient (Wildman–Crippen LogP) is 2.85. The minimum atomic E-state index is -0.220. The molecular weight excluding hydrogens is 330 g/mol. The van der Waals surface area contributed by atoms with Crippen molar-refractivity contribution in [3.05, 3.63) is 59.7 Å². The zero-order chi connectivity index (χ0) is 18.2. The number of morpholine rings is 1. The lowest BCUT2D eigenvalue weighted by atomic mass is 10.1. The Bertz CT molecular complexity index is 730. The smallest absolute Gasteiger partial charge is 0.319 e. The molecule has 1 aliphatic heterocycles. The summed E-state index contributed by atoms with van der Waals surface area (Å²) >= 11 is 0. The van der Waals surface area contributed by atoms with Gasteiger partial charge in [-0.1, -0.05) is 30.3 Å². The van der Waals surface area contributed by atoms with E-state index in [1.165, 1.54) is 0 Å². The third kappa shape index (κ3) is 5.21. The number of ether oxygens (including phenoxy) is 2. The summed E-state index contributed by atoms with van der Waals surface area (Å²) < 4.78 is 10.6. The van der Waals surface area contributed by atoms with Crippen LogP contribution in [0.2, 0.25) is 0 Å². The molecule has 0 atom stereocenters. The fraction of sp³-hybridized carbons (Fsp3) is 0.350. The van der Waals surface area contributed by atoms with Crippen molar-refractivity contribution in [2.75, 3.05) is 38.7 Å². The largest absolute Gasteiger partial charge is 0.497 e. The van der Waals surface area contributed by atoms with E-state index in [4.69, 9.17) is 9.47 Å². The molecule has 2 N–H and O–H groups in total. The van der Waals surface area contributed by atoms with Gasteiger partial charge in [-0.15, -0.1) is 0 Å². The molecule has 6 nitrogen and oxygen atoms in total. The van der Waals surface area contributed by atoms with Gasteiger partial charge in [0.25, 0.3) is 0 Å². The normalized spacial score (nSPS) is 14.7. The fourth-order valence-electron chi connectivity index (χ4n) is 2.91. The number of anilines is 1. The number of benzene rings is 2. The van der Waals surface area contributed by atoms with E-state index in [2.05, 4.69) is 15.5 Å². The van der Waals surface area contributed by atoms with Crippen LogP contribution in [0.5, 0.6) is 5.75 Å². The van der Waals surface area contributed by atoms with Gasteiger partial charge >= 0.3 is 6.03 Å². The fourth-order valence-corrected chi connectivity index (χ4v) is 2.91. The molecule has 1 fully saturated rings. The third-order valence-corrected chi connectivity index (χ3v) is 4.35. The van der Waals surface area contributed by atoms with Gasteiger partial charge in [0.15, 0.2) is 0 Å². The zero-order valence-electron chi connectivity index (χ0n) is 15.0. The topological polar surface area (TPSA) is 62.8 Å². The highest BCUT2D eigenvalue weighted by Gasteiger charge is 2.13. The van der Waals surface area contributed by atoms with Crippen LogP contribution in [0.25, 0.3) is 0 Å². The van der Waals surface area contributed by atoms with Gasteiger partial charge in [-0.25, -0.2) is 4.79 Å². The molecule has 0 saturated carbocycles. The number of methoxy groups -OCH3 is 1. The number of hydrogen-bond acceptors (Lipinski definition) is 4. The van der Waals surface area contributed by atoms with E-state index in [9.17, 15) is 4.79 Å². The van der Waals surface area contributed by atoms with Crippen molar-refractivity contribution < 1.29 is 14.3 Å². The second-order valence-electron chi connectivity index (χ2n) is 6.20. The highest BCUT2D eigenvalue weighted by Crippen LogP contribution is 2.18. The van der Waals surface area contributed by atoms with Crippen LogP contribution in [-0.2, 0) is 17.8 Å². The highest BCUT2D eigenvalue weighted by atomic mass is 16.5. The van der Waals surface area contributed by atoms with Crippen molar-refractivity contribution in [3.63, 3.8) is 0 Å². The number of carbonyl (C=O) groups excluding carboxylic acids is 1. The van der Waals surface area contributed by atoms with Crippen molar-refractivity contribution in [1.82, 2.24) is 10.2 Å². The van der Waals surface area contributed by atoms with Crippen LogP contribution < -0.4 is 15.4 Å². The summed E-state index contributed by atoms with van der Waals surface area (Å²) in [6.07, 6.45) is 0.